The standard InChI is InChI=1S/C15H17N3O/c1-3-16-14(11-8-9-19-10-11)15-12-6-4-5-7-13(12)18(2)17-15/h4-10,14,16H,3H2,1-2H3. The van der Waals surface area contributed by atoms with Crippen LogP contribution >= 0.6 is 0 Å². The lowest BCUT2D eigenvalue weighted by Crippen LogP contribution is -2.22. The zero-order valence-corrected chi connectivity index (χ0v) is 11.1. The van der Waals surface area contributed by atoms with E-state index in [-0.39, 0.29) is 6.04 Å². The summed E-state index contributed by atoms with van der Waals surface area (Å²) in [6.45, 7) is 2.97. The highest BCUT2D eigenvalue weighted by Gasteiger charge is 2.20. The lowest BCUT2D eigenvalue weighted by atomic mass is 10.0. The molecule has 0 radical (unpaired) electrons. The monoisotopic (exact) mass is 255 g/mol. The van der Waals surface area contributed by atoms with E-state index in [0.29, 0.717) is 0 Å². The molecular weight excluding hydrogens is 238 g/mol. The first-order chi connectivity index (χ1) is 9.31. The third-order valence-corrected chi connectivity index (χ3v) is 3.34. The van der Waals surface area contributed by atoms with Crippen molar-refractivity contribution in [3.8, 4) is 0 Å². The molecule has 2 heterocycles. The topological polar surface area (TPSA) is 43.0 Å². The van der Waals surface area contributed by atoms with Crippen LogP contribution in [0.1, 0.15) is 24.2 Å². The average Bonchev–Trinajstić information content (AvgIpc) is 3.06. The van der Waals surface area contributed by atoms with Crippen molar-refractivity contribution in [1.29, 1.82) is 0 Å². The number of hydrogen-bond acceptors (Lipinski definition) is 3. The molecule has 0 amide bonds. The SMILES string of the molecule is CCNC(c1ccoc1)c1nn(C)c2ccccc12. The van der Waals surface area contributed by atoms with Crippen molar-refractivity contribution < 1.29 is 4.42 Å². The van der Waals surface area contributed by atoms with Gasteiger partial charge >= 0.3 is 0 Å². The molecule has 0 spiro atoms. The number of furan rings is 1. The molecule has 0 aliphatic carbocycles. The minimum Gasteiger partial charge on any atom is -0.472 e. The Bertz CT molecular complexity index is 670. The molecule has 1 unspecified atom stereocenters. The van der Waals surface area contributed by atoms with E-state index < -0.39 is 0 Å². The van der Waals surface area contributed by atoms with Crippen LogP contribution in [0.3, 0.4) is 0 Å². The molecule has 0 bridgehead atoms. The number of para-hydroxylation sites is 1. The van der Waals surface area contributed by atoms with Crippen LogP contribution in [-0.2, 0) is 7.05 Å². The van der Waals surface area contributed by atoms with Gasteiger partial charge in [-0.25, -0.2) is 0 Å². The van der Waals surface area contributed by atoms with Crippen molar-refractivity contribution >= 4 is 10.9 Å². The lowest BCUT2D eigenvalue weighted by Gasteiger charge is -2.14. The second kappa shape index (κ2) is 4.90. The summed E-state index contributed by atoms with van der Waals surface area (Å²) in [6.07, 6.45) is 3.47. The molecule has 1 N–H and O–H groups in total. The lowest BCUT2D eigenvalue weighted by molar-refractivity contribution is 0.549. The van der Waals surface area contributed by atoms with Crippen molar-refractivity contribution in [2.75, 3.05) is 6.54 Å². The summed E-state index contributed by atoms with van der Waals surface area (Å²) in [6, 6.07) is 10.3. The summed E-state index contributed by atoms with van der Waals surface area (Å²) in [4.78, 5) is 0. The number of benzene rings is 1. The van der Waals surface area contributed by atoms with Crippen molar-refractivity contribution in [3.63, 3.8) is 0 Å². The van der Waals surface area contributed by atoms with Gasteiger partial charge in [0.25, 0.3) is 0 Å². The molecule has 0 saturated carbocycles. The van der Waals surface area contributed by atoms with Crippen LogP contribution in [0.25, 0.3) is 10.9 Å². The number of nitrogens with one attached hydrogen (secondary N) is 1. The molecule has 19 heavy (non-hydrogen) atoms. The van der Waals surface area contributed by atoms with Gasteiger partial charge in [0.2, 0.25) is 0 Å². The predicted molar refractivity (Wildman–Crippen MR) is 74.9 cm³/mol. The summed E-state index contributed by atoms with van der Waals surface area (Å²) in [7, 11) is 1.98. The first-order valence-corrected chi connectivity index (χ1v) is 6.48. The molecular formula is C15H17N3O. The Balaban J connectivity index is 2.15. The molecule has 4 nitrogen and oxygen atoms in total. The summed E-state index contributed by atoms with van der Waals surface area (Å²) < 4.78 is 7.13. The maximum absolute atomic E-state index is 5.21. The Kier molecular flexibility index (Phi) is 3.09. The maximum atomic E-state index is 5.21. The van der Waals surface area contributed by atoms with E-state index in [1.807, 2.05) is 29.9 Å². The van der Waals surface area contributed by atoms with Crippen LogP contribution in [0, 0.1) is 0 Å². The van der Waals surface area contributed by atoms with E-state index in [9.17, 15) is 0 Å². The van der Waals surface area contributed by atoms with Gasteiger partial charge in [-0.05, 0) is 18.7 Å². The summed E-state index contributed by atoms with van der Waals surface area (Å²) in [5.41, 5.74) is 3.29. The van der Waals surface area contributed by atoms with Crippen LogP contribution in [-0.4, -0.2) is 16.3 Å². The number of nitrogens with zero attached hydrogens (tertiary/aromatic N) is 2. The Hall–Kier alpha value is -2.07. The van der Waals surface area contributed by atoms with Gasteiger partial charge in [0.05, 0.1) is 29.8 Å². The van der Waals surface area contributed by atoms with Gasteiger partial charge in [-0.1, -0.05) is 25.1 Å². The van der Waals surface area contributed by atoms with E-state index in [0.717, 1.165) is 23.3 Å². The smallest absolute Gasteiger partial charge is 0.0954 e. The third-order valence-electron chi connectivity index (χ3n) is 3.34. The fourth-order valence-corrected chi connectivity index (χ4v) is 2.47. The van der Waals surface area contributed by atoms with E-state index in [1.165, 1.54) is 5.39 Å². The molecule has 3 rings (SSSR count). The first kappa shape index (κ1) is 12.0. The van der Waals surface area contributed by atoms with E-state index in [1.54, 1.807) is 12.5 Å². The molecule has 1 atom stereocenters. The van der Waals surface area contributed by atoms with Crippen LogP contribution in [0.15, 0.2) is 47.3 Å². The maximum Gasteiger partial charge on any atom is 0.0954 e. The largest absolute Gasteiger partial charge is 0.472 e. The van der Waals surface area contributed by atoms with E-state index in [4.69, 9.17) is 4.42 Å². The molecule has 3 aromatic rings. The van der Waals surface area contributed by atoms with Gasteiger partial charge in [0.15, 0.2) is 0 Å². The molecule has 1 aromatic carbocycles. The Morgan fingerprint density at radius 2 is 2.16 bits per heavy atom. The second-order valence-electron chi connectivity index (χ2n) is 4.57. The van der Waals surface area contributed by atoms with Crippen molar-refractivity contribution in [1.82, 2.24) is 15.1 Å². The minimum absolute atomic E-state index is 0.0647. The highest BCUT2D eigenvalue weighted by molar-refractivity contribution is 5.82. The second-order valence-corrected chi connectivity index (χ2v) is 4.57. The third kappa shape index (κ3) is 2.04. The molecule has 0 fully saturated rings. The van der Waals surface area contributed by atoms with Crippen molar-refractivity contribution in [2.45, 2.75) is 13.0 Å². The highest BCUT2D eigenvalue weighted by atomic mass is 16.3. The number of rotatable bonds is 4. The van der Waals surface area contributed by atoms with Crippen LogP contribution in [0.4, 0.5) is 0 Å². The highest BCUT2D eigenvalue weighted by Crippen LogP contribution is 2.28. The zero-order valence-electron chi connectivity index (χ0n) is 11.1. The number of fused-ring (bicyclic) bond motifs is 1. The fraction of sp³-hybridized carbons (Fsp3) is 0.267. The predicted octanol–water partition coefficient (Wildman–Crippen LogP) is 2.87. The van der Waals surface area contributed by atoms with Crippen molar-refractivity contribution in [2.24, 2.45) is 7.05 Å². The van der Waals surface area contributed by atoms with Crippen molar-refractivity contribution in [3.05, 3.63) is 54.1 Å². The number of hydrogen-bond donors (Lipinski definition) is 1. The van der Waals surface area contributed by atoms with Crippen LogP contribution < -0.4 is 5.32 Å². The number of aromatic nitrogens is 2. The van der Waals surface area contributed by atoms with Gasteiger partial charge in [-0.3, -0.25) is 4.68 Å². The molecule has 0 saturated heterocycles. The molecule has 2 aromatic heterocycles. The normalized spacial score (nSPS) is 12.9. The minimum atomic E-state index is 0.0647. The van der Waals surface area contributed by atoms with Gasteiger partial charge in [0.1, 0.15) is 0 Å². The van der Waals surface area contributed by atoms with Crippen LogP contribution in [0.2, 0.25) is 0 Å². The van der Waals surface area contributed by atoms with Gasteiger partial charge < -0.3 is 9.73 Å². The first-order valence-electron chi connectivity index (χ1n) is 6.48. The summed E-state index contributed by atoms with van der Waals surface area (Å²) >= 11 is 0. The molecule has 4 heteroatoms. The zero-order chi connectivity index (χ0) is 13.2. The van der Waals surface area contributed by atoms with E-state index >= 15 is 0 Å². The van der Waals surface area contributed by atoms with Gasteiger partial charge in [-0.15, -0.1) is 0 Å². The summed E-state index contributed by atoms with van der Waals surface area (Å²) in [5, 5.41) is 9.33. The average molecular weight is 255 g/mol. The van der Waals surface area contributed by atoms with Gasteiger partial charge in [-0.2, -0.15) is 5.10 Å². The quantitative estimate of drug-likeness (QED) is 0.779. The molecule has 0 aliphatic rings. The fourth-order valence-electron chi connectivity index (χ4n) is 2.47. The van der Waals surface area contributed by atoms with Crippen LogP contribution in [0.5, 0.6) is 0 Å². The van der Waals surface area contributed by atoms with E-state index in [2.05, 4.69) is 29.5 Å². The summed E-state index contributed by atoms with van der Waals surface area (Å²) in [5.74, 6) is 0. The Morgan fingerprint density at radius 1 is 1.32 bits per heavy atom. The number of aryl methyl sites for hydroxylation is 1. The van der Waals surface area contributed by atoms with Gasteiger partial charge in [0, 0.05) is 18.0 Å². The molecule has 0 aliphatic heterocycles. The Labute approximate surface area is 112 Å². The molecule has 98 valence electrons. The Morgan fingerprint density at radius 3 is 2.89 bits per heavy atom.